The predicted molar refractivity (Wildman–Crippen MR) is 156 cm³/mol. The van der Waals surface area contributed by atoms with Gasteiger partial charge in [0, 0.05) is 43.6 Å². The van der Waals surface area contributed by atoms with E-state index >= 15 is 0 Å². The van der Waals surface area contributed by atoms with Crippen LogP contribution in [0.15, 0.2) is 54.6 Å². The molecule has 8 heteroatoms. The molecule has 1 saturated carbocycles. The average Bonchev–Trinajstić information content (AvgIpc) is 3.22. The van der Waals surface area contributed by atoms with Crippen molar-refractivity contribution in [3.05, 3.63) is 60.2 Å². The van der Waals surface area contributed by atoms with Gasteiger partial charge in [-0.2, -0.15) is 0 Å². The van der Waals surface area contributed by atoms with E-state index in [-0.39, 0.29) is 30.4 Å². The number of carbonyl (C=O) groups is 3. The van der Waals surface area contributed by atoms with Crippen LogP contribution in [0.2, 0.25) is 0 Å². The van der Waals surface area contributed by atoms with Crippen LogP contribution in [-0.4, -0.2) is 85.3 Å². The SMILES string of the molecule is C[C@]12C=CCN(Cc3ccccc3)C(=O)[C@H]1[C@H]1C(=O)N(CCCCO)C3C(=O)N(C4CCCCC4)CC=C[C@@]31S2. The first-order valence-electron chi connectivity index (χ1n) is 15.0. The quantitative estimate of drug-likeness (QED) is 0.404. The predicted octanol–water partition coefficient (Wildman–Crippen LogP) is 3.78. The topological polar surface area (TPSA) is 81.2 Å². The second kappa shape index (κ2) is 11.0. The zero-order valence-corrected chi connectivity index (χ0v) is 24.2. The van der Waals surface area contributed by atoms with Gasteiger partial charge in [-0.15, -0.1) is 11.8 Å². The number of benzene rings is 1. The van der Waals surface area contributed by atoms with Crippen LogP contribution in [0.5, 0.6) is 0 Å². The van der Waals surface area contributed by atoms with Crippen molar-refractivity contribution in [3.63, 3.8) is 0 Å². The maximum atomic E-state index is 14.5. The molecule has 5 aliphatic rings. The highest BCUT2D eigenvalue weighted by atomic mass is 32.2. The Morgan fingerprint density at radius 3 is 2.40 bits per heavy atom. The fourth-order valence-corrected chi connectivity index (χ4v) is 10.0. The molecule has 3 fully saturated rings. The van der Waals surface area contributed by atoms with Crippen molar-refractivity contribution in [1.82, 2.24) is 14.7 Å². The summed E-state index contributed by atoms with van der Waals surface area (Å²) in [5.41, 5.74) is 1.06. The minimum Gasteiger partial charge on any atom is -0.396 e. The first-order valence-corrected chi connectivity index (χ1v) is 15.8. The van der Waals surface area contributed by atoms with Gasteiger partial charge in [-0.05, 0) is 38.2 Å². The van der Waals surface area contributed by atoms with E-state index in [4.69, 9.17) is 0 Å². The second-order valence-corrected chi connectivity index (χ2v) is 14.0. The Morgan fingerprint density at radius 2 is 1.65 bits per heavy atom. The largest absolute Gasteiger partial charge is 0.396 e. The fourth-order valence-electron chi connectivity index (χ4n) is 7.89. The van der Waals surface area contributed by atoms with Gasteiger partial charge in [0.25, 0.3) is 0 Å². The van der Waals surface area contributed by atoms with Crippen LogP contribution in [0.4, 0.5) is 0 Å². The van der Waals surface area contributed by atoms with Gasteiger partial charge in [-0.25, -0.2) is 0 Å². The standard InChI is InChI=1S/C32H41N3O4S/c1-31-16-10-18-33(22-23-12-4-2-5-13-23)28(37)25(31)26-29(38)35(19-8-9-21-36)27-30(39)34(24-14-6-3-7-15-24)20-11-17-32(26,27)40-31/h2,4-5,10-13,16-17,24-27,36H,3,6-9,14-15,18-22H2,1H3/t25-,26+,27?,31+,32+/m1/s1. The van der Waals surface area contributed by atoms with E-state index in [1.165, 1.54) is 6.42 Å². The first-order chi connectivity index (χ1) is 19.4. The third-order valence-corrected chi connectivity index (χ3v) is 11.5. The maximum absolute atomic E-state index is 14.5. The highest BCUT2D eigenvalue weighted by Crippen LogP contribution is 2.65. The zero-order chi connectivity index (χ0) is 27.9. The van der Waals surface area contributed by atoms with Crippen LogP contribution in [0.1, 0.15) is 57.4 Å². The molecule has 1 aliphatic carbocycles. The molecule has 2 saturated heterocycles. The molecular weight excluding hydrogens is 522 g/mol. The van der Waals surface area contributed by atoms with Crippen molar-refractivity contribution >= 4 is 29.5 Å². The van der Waals surface area contributed by atoms with Gasteiger partial charge in [0.05, 0.1) is 16.6 Å². The lowest BCUT2D eigenvalue weighted by Gasteiger charge is -2.40. The van der Waals surface area contributed by atoms with E-state index in [0.29, 0.717) is 39.0 Å². The molecule has 3 amide bonds. The Kier molecular flexibility index (Phi) is 7.59. The van der Waals surface area contributed by atoms with Crippen molar-refractivity contribution in [2.75, 3.05) is 26.2 Å². The molecule has 4 heterocycles. The lowest BCUT2D eigenvalue weighted by atomic mass is 9.74. The van der Waals surface area contributed by atoms with Crippen molar-refractivity contribution in [1.29, 1.82) is 0 Å². The number of rotatable bonds is 7. The molecule has 1 spiro atoms. The Bertz CT molecular complexity index is 1200. The molecule has 0 bridgehead atoms. The molecule has 40 heavy (non-hydrogen) atoms. The second-order valence-electron chi connectivity index (χ2n) is 12.3. The molecule has 1 aromatic carbocycles. The summed E-state index contributed by atoms with van der Waals surface area (Å²) in [7, 11) is 0. The van der Waals surface area contributed by atoms with Gasteiger partial charge in [0.15, 0.2) is 0 Å². The van der Waals surface area contributed by atoms with Gasteiger partial charge in [-0.3, -0.25) is 14.4 Å². The van der Waals surface area contributed by atoms with E-state index < -0.39 is 27.4 Å². The number of thioether (sulfide) groups is 1. The Balaban J connectivity index is 1.39. The normalized spacial score (nSPS) is 34.1. The van der Waals surface area contributed by atoms with Gasteiger partial charge in [-0.1, -0.05) is 73.9 Å². The molecule has 6 rings (SSSR count). The summed E-state index contributed by atoms with van der Waals surface area (Å²) in [6.45, 7) is 4.10. The number of nitrogens with zero attached hydrogens (tertiary/aromatic N) is 3. The van der Waals surface area contributed by atoms with Crippen LogP contribution in [0.3, 0.4) is 0 Å². The maximum Gasteiger partial charge on any atom is 0.247 e. The number of amides is 3. The number of aliphatic hydroxyl groups is 1. The van der Waals surface area contributed by atoms with E-state index in [1.54, 1.807) is 16.7 Å². The molecule has 4 aliphatic heterocycles. The van der Waals surface area contributed by atoms with Crippen LogP contribution in [0.25, 0.3) is 0 Å². The molecule has 214 valence electrons. The van der Waals surface area contributed by atoms with Crippen LogP contribution >= 0.6 is 11.8 Å². The molecule has 7 nitrogen and oxygen atoms in total. The minimum absolute atomic E-state index is 0.00994. The smallest absolute Gasteiger partial charge is 0.247 e. The zero-order valence-electron chi connectivity index (χ0n) is 23.4. The lowest BCUT2D eigenvalue weighted by molar-refractivity contribution is -0.145. The molecule has 1 aromatic rings. The van der Waals surface area contributed by atoms with E-state index in [2.05, 4.69) is 31.2 Å². The third kappa shape index (κ3) is 4.51. The molecule has 0 radical (unpaired) electrons. The molecular formula is C32H41N3O4S. The fraction of sp³-hybridized carbons (Fsp3) is 0.594. The number of likely N-dealkylation sites (tertiary alicyclic amines) is 1. The number of hydrogen-bond acceptors (Lipinski definition) is 5. The van der Waals surface area contributed by atoms with Crippen molar-refractivity contribution in [3.8, 4) is 0 Å². The van der Waals surface area contributed by atoms with E-state index in [9.17, 15) is 19.5 Å². The van der Waals surface area contributed by atoms with Crippen LogP contribution in [0, 0.1) is 11.8 Å². The monoisotopic (exact) mass is 563 g/mol. The number of hydrogen-bond donors (Lipinski definition) is 1. The van der Waals surface area contributed by atoms with Crippen molar-refractivity contribution in [2.24, 2.45) is 11.8 Å². The number of unbranched alkanes of at least 4 members (excludes halogenated alkanes) is 1. The summed E-state index contributed by atoms with van der Waals surface area (Å²) in [4.78, 5) is 49.1. The minimum atomic E-state index is -0.800. The van der Waals surface area contributed by atoms with E-state index in [0.717, 1.165) is 31.2 Å². The molecule has 0 aromatic heterocycles. The Morgan fingerprint density at radius 1 is 0.900 bits per heavy atom. The summed E-state index contributed by atoms with van der Waals surface area (Å²) in [6.07, 6.45) is 15.1. The molecule has 5 atom stereocenters. The summed E-state index contributed by atoms with van der Waals surface area (Å²) < 4.78 is -1.39. The molecule has 1 unspecified atom stereocenters. The Hall–Kier alpha value is -2.58. The summed E-state index contributed by atoms with van der Waals surface area (Å²) in [6, 6.07) is 9.54. The number of carbonyl (C=O) groups excluding carboxylic acids is 3. The summed E-state index contributed by atoms with van der Waals surface area (Å²) in [5.74, 6) is -1.24. The first kappa shape index (κ1) is 27.6. The van der Waals surface area contributed by atoms with Gasteiger partial charge in [0.1, 0.15) is 6.04 Å². The highest BCUT2D eigenvalue weighted by molar-refractivity contribution is 8.02. The van der Waals surface area contributed by atoms with Gasteiger partial charge < -0.3 is 19.8 Å². The van der Waals surface area contributed by atoms with Gasteiger partial charge >= 0.3 is 0 Å². The lowest BCUT2D eigenvalue weighted by Crippen LogP contribution is -2.55. The van der Waals surface area contributed by atoms with Crippen LogP contribution in [-0.2, 0) is 20.9 Å². The van der Waals surface area contributed by atoms with Crippen molar-refractivity contribution < 1.29 is 19.5 Å². The molecule has 1 N–H and O–H groups in total. The third-order valence-electron chi connectivity index (χ3n) is 9.71. The van der Waals surface area contributed by atoms with Gasteiger partial charge in [0.2, 0.25) is 17.7 Å². The summed E-state index contributed by atoms with van der Waals surface area (Å²) >= 11 is 1.66. The van der Waals surface area contributed by atoms with Crippen LogP contribution < -0.4 is 0 Å². The summed E-state index contributed by atoms with van der Waals surface area (Å²) in [5, 5.41) is 9.46. The highest BCUT2D eigenvalue weighted by Gasteiger charge is 2.73. The van der Waals surface area contributed by atoms with Crippen molar-refractivity contribution in [2.45, 2.75) is 80.0 Å². The number of fused-ring (bicyclic) bond motifs is 2. The average molecular weight is 564 g/mol. The number of aliphatic hydroxyl groups excluding tert-OH is 1. The van der Waals surface area contributed by atoms with E-state index in [1.807, 2.05) is 40.1 Å². The Labute approximate surface area is 241 Å².